The van der Waals surface area contributed by atoms with Crippen molar-refractivity contribution in [3.63, 3.8) is 0 Å². The average molecular weight is 330 g/mol. The van der Waals surface area contributed by atoms with Gasteiger partial charge in [0.1, 0.15) is 11.6 Å². The number of aromatic nitrogens is 2. The molecule has 18 heavy (non-hydrogen) atoms. The van der Waals surface area contributed by atoms with Crippen molar-refractivity contribution in [1.29, 1.82) is 0 Å². The van der Waals surface area contributed by atoms with Gasteiger partial charge in [0.25, 0.3) is 5.56 Å². The molecule has 0 saturated carbocycles. The summed E-state index contributed by atoms with van der Waals surface area (Å²) in [7, 11) is 0. The van der Waals surface area contributed by atoms with Crippen LogP contribution < -0.4 is 11.3 Å². The molecular weight excluding hydrogens is 321 g/mol. The number of H-pyrrole nitrogens is 1. The predicted molar refractivity (Wildman–Crippen MR) is 72.9 cm³/mol. The van der Waals surface area contributed by atoms with Crippen LogP contribution in [-0.4, -0.2) is 9.97 Å². The van der Waals surface area contributed by atoms with Crippen molar-refractivity contribution in [2.24, 2.45) is 0 Å². The molecule has 3 N–H and O–H groups in total. The van der Waals surface area contributed by atoms with E-state index < -0.39 is 0 Å². The van der Waals surface area contributed by atoms with E-state index in [1.165, 1.54) is 23.9 Å². The van der Waals surface area contributed by atoms with Crippen molar-refractivity contribution in [3.05, 3.63) is 50.5 Å². The quantitative estimate of drug-likeness (QED) is 0.670. The standard InChI is InChI=1S/C11H9BrFN3OS/c12-10-6(2-1-3-7(10)13)5-18-11-15-8(14)4-9(17)16-11/h1-4H,5H2,(H3,14,15,16,17). The van der Waals surface area contributed by atoms with Gasteiger partial charge in [-0.15, -0.1) is 0 Å². The van der Waals surface area contributed by atoms with Crippen molar-refractivity contribution < 1.29 is 4.39 Å². The normalized spacial score (nSPS) is 10.6. The number of nitrogens with one attached hydrogen (secondary N) is 1. The van der Waals surface area contributed by atoms with Crippen LogP contribution in [0.2, 0.25) is 0 Å². The summed E-state index contributed by atoms with van der Waals surface area (Å²) in [4.78, 5) is 17.7. The maximum atomic E-state index is 13.3. The molecular formula is C11H9BrFN3OS. The lowest BCUT2D eigenvalue weighted by atomic mass is 10.2. The summed E-state index contributed by atoms with van der Waals surface area (Å²) in [6.07, 6.45) is 0. The minimum atomic E-state index is -0.317. The van der Waals surface area contributed by atoms with Gasteiger partial charge in [0, 0.05) is 11.8 Å². The highest BCUT2D eigenvalue weighted by molar-refractivity contribution is 9.10. The number of benzene rings is 1. The molecule has 1 aromatic heterocycles. The second-order valence-corrected chi connectivity index (χ2v) is 5.23. The Bertz CT molecular complexity index is 632. The molecule has 0 radical (unpaired) electrons. The average Bonchev–Trinajstić information content (AvgIpc) is 2.30. The third kappa shape index (κ3) is 3.11. The third-order valence-corrected chi connectivity index (χ3v) is 3.95. The fraction of sp³-hybridized carbons (Fsp3) is 0.0909. The highest BCUT2D eigenvalue weighted by Gasteiger charge is 2.07. The molecule has 94 valence electrons. The van der Waals surface area contributed by atoms with Crippen LogP contribution in [0, 0.1) is 5.82 Å². The number of nitrogens with two attached hydrogens (primary N) is 1. The Hall–Kier alpha value is -1.34. The molecule has 0 unspecified atom stereocenters. The van der Waals surface area contributed by atoms with Gasteiger partial charge in [-0.3, -0.25) is 4.79 Å². The minimum Gasteiger partial charge on any atom is -0.383 e. The monoisotopic (exact) mass is 329 g/mol. The predicted octanol–water partition coefficient (Wildman–Crippen LogP) is 2.55. The van der Waals surface area contributed by atoms with Crippen LogP contribution >= 0.6 is 27.7 Å². The first-order chi connectivity index (χ1) is 8.56. The molecule has 0 spiro atoms. The number of nitrogens with zero attached hydrogens (tertiary/aromatic N) is 1. The van der Waals surface area contributed by atoms with E-state index in [2.05, 4.69) is 25.9 Å². The molecule has 4 nitrogen and oxygen atoms in total. The lowest BCUT2D eigenvalue weighted by molar-refractivity contribution is 0.619. The molecule has 0 aliphatic carbocycles. The second-order valence-electron chi connectivity index (χ2n) is 3.48. The molecule has 7 heteroatoms. The molecule has 0 aliphatic heterocycles. The number of aromatic amines is 1. The van der Waals surface area contributed by atoms with Crippen molar-refractivity contribution in [1.82, 2.24) is 9.97 Å². The first-order valence-electron chi connectivity index (χ1n) is 4.99. The zero-order chi connectivity index (χ0) is 13.1. The minimum absolute atomic E-state index is 0.166. The van der Waals surface area contributed by atoms with E-state index >= 15 is 0 Å². The van der Waals surface area contributed by atoms with Gasteiger partial charge < -0.3 is 10.7 Å². The summed E-state index contributed by atoms with van der Waals surface area (Å²) in [5, 5.41) is 0.413. The van der Waals surface area contributed by atoms with Gasteiger partial charge in [-0.25, -0.2) is 9.37 Å². The van der Waals surface area contributed by atoms with E-state index in [1.54, 1.807) is 12.1 Å². The lowest BCUT2D eigenvalue weighted by Gasteiger charge is -2.05. The first kappa shape index (κ1) is 13.1. The molecule has 0 atom stereocenters. The molecule has 0 bridgehead atoms. The fourth-order valence-corrected chi connectivity index (χ4v) is 2.79. The summed E-state index contributed by atoms with van der Waals surface area (Å²) in [5.41, 5.74) is 5.95. The lowest BCUT2D eigenvalue weighted by Crippen LogP contribution is -2.09. The van der Waals surface area contributed by atoms with Gasteiger partial charge in [-0.1, -0.05) is 23.9 Å². The van der Waals surface area contributed by atoms with E-state index in [4.69, 9.17) is 5.73 Å². The van der Waals surface area contributed by atoms with E-state index in [-0.39, 0.29) is 17.2 Å². The Morgan fingerprint density at radius 3 is 3.00 bits per heavy atom. The van der Waals surface area contributed by atoms with Gasteiger partial charge in [0.2, 0.25) is 0 Å². The summed E-state index contributed by atoms with van der Waals surface area (Å²) < 4.78 is 13.7. The molecule has 0 aliphatic rings. The van der Waals surface area contributed by atoms with E-state index in [0.717, 1.165) is 5.56 Å². The Balaban J connectivity index is 2.16. The molecule has 0 amide bonds. The number of hydrogen-bond donors (Lipinski definition) is 2. The van der Waals surface area contributed by atoms with E-state index in [9.17, 15) is 9.18 Å². The van der Waals surface area contributed by atoms with Crippen LogP contribution in [0.3, 0.4) is 0 Å². The van der Waals surface area contributed by atoms with Gasteiger partial charge in [-0.2, -0.15) is 0 Å². The second kappa shape index (κ2) is 5.53. The summed E-state index contributed by atoms with van der Waals surface area (Å²) in [6, 6.07) is 6.01. The molecule has 2 rings (SSSR count). The largest absolute Gasteiger partial charge is 0.383 e. The third-order valence-electron chi connectivity index (χ3n) is 2.14. The topological polar surface area (TPSA) is 71.8 Å². The van der Waals surface area contributed by atoms with Crippen LogP contribution in [0.15, 0.2) is 38.7 Å². The van der Waals surface area contributed by atoms with Crippen LogP contribution in [0.1, 0.15) is 5.56 Å². The van der Waals surface area contributed by atoms with Crippen molar-refractivity contribution in [2.75, 3.05) is 5.73 Å². The maximum absolute atomic E-state index is 13.3. The number of nitrogen functional groups attached to an aromatic ring is 1. The van der Waals surface area contributed by atoms with Gasteiger partial charge in [0.05, 0.1) is 4.47 Å². The highest BCUT2D eigenvalue weighted by atomic mass is 79.9. The summed E-state index contributed by atoms with van der Waals surface area (Å²) in [6.45, 7) is 0. The zero-order valence-corrected chi connectivity index (χ0v) is 11.5. The number of halogens is 2. The van der Waals surface area contributed by atoms with Gasteiger partial charge in [0.15, 0.2) is 5.16 Å². The molecule has 2 aromatic rings. The van der Waals surface area contributed by atoms with Crippen LogP contribution in [0.5, 0.6) is 0 Å². The SMILES string of the molecule is Nc1cc(=O)[nH]c(SCc2cccc(F)c2Br)n1. The number of thioether (sulfide) groups is 1. The highest BCUT2D eigenvalue weighted by Crippen LogP contribution is 2.26. The van der Waals surface area contributed by atoms with Crippen molar-refractivity contribution in [2.45, 2.75) is 10.9 Å². The van der Waals surface area contributed by atoms with Gasteiger partial charge >= 0.3 is 0 Å². The molecule has 1 aromatic carbocycles. The summed E-state index contributed by atoms with van der Waals surface area (Å²) >= 11 is 4.46. The van der Waals surface area contributed by atoms with Crippen molar-refractivity contribution >= 4 is 33.5 Å². The van der Waals surface area contributed by atoms with Crippen LogP contribution in [0.25, 0.3) is 0 Å². The van der Waals surface area contributed by atoms with E-state index in [1.807, 2.05) is 0 Å². The Morgan fingerprint density at radius 2 is 2.28 bits per heavy atom. The Kier molecular flexibility index (Phi) is 4.03. The smallest absolute Gasteiger partial charge is 0.253 e. The Morgan fingerprint density at radius 1 is 1.50 bits per heavy atom. The summed E-state index contributed by atoms with van der Waals surface area (Å²) in [5.74, 6) is 0.326. The maximum Gasteiger partial charge on any atom is 0.253 e. The van der Waals surface area contributed by atoms with Crippen LogP contribution in [-0.2, 0) is 5.75 Å². The van der Waals surface area contributed by atoms with E-state index in [0.29, 0.717) is 15.4 Å². The fourth-order valence-electron chi connectivity index (χ4n) is 1.33. The molecule has 0 saturated heterocycles. The van der Waals surface area contributed by atoms with Gasteiger partial charge in [-0.05, 0) is 27.6 Å². The number of hydrogen-bond acceptors (Lipinski definition) is 4. The number of anilines is 1. The Labute approximate surface area is 115 Å². The molecule has 1 heterocycles. The first-order valence-corrected chi connectivity index (χ1v) is 6.76. The van der Waals surface area contributed by atoms with Crippen LogP contribution in [0.4, 0.5) is 10.2 Å². The molecule has 0 fully saturated rings. The zero-order valence-electron chi connectivity index (χ0n) is 9.11. The number of rotatable bonds is 3. The van der Waals surface area contributed by atoms with Crippen molar-refractivity contribution in [3.8, 4) is 0 Å².